The summed E-state index contributed by atoms with van der Waals surface area (Å²) < 4.78 is 15.3. The molecule has 0 saturated carbocycles. The Kier molecular flexibility index (Phi) is 3.18. The van der Waals surface area contributed by atoms with E-state index < -0.39 is 7.32 Å². The van der Waals surface area contributed by atoms with Crippen molar-refractivity contribution < 1.29 is 14.0 Å². The Hall–Kier alpha value is -0.0551. The first-order valence-electron chi connectivity index (χ1n) is 3.64. The lowest BCUT2D eigenvalue weighted by Gasteiger charge is -2.07. The molecule has 0 unspecified atom stereocenters. The quantitative estimate of drug-likeness (QED) is 0.545. The number of hydrogen-bond donors (Lipinski definition) is 0. The zero-order chi connectivity index (χ0) is 7.40. The van der Waals surface area contributed by atoms with Crippen LogP contribution in [-0.4, -0.2) is 27.1 Å². The van der Waals surface area contributed by atoms with Gasteiger partial charge in [0.2, 0.25) is 0 Å². The zero-order valence-corrected chi connectivity index (χ0v) is 6.50. The average molecular weight is 144 g/mol. The molecule has 3 nitrogen and oxygen atoms in total. The Labute approximate surface area is 61.8 Å². The summed E-state index contributed by atoms with van der Waals surface area (Å²) in [6, 6.07) is 0. The standard InChI is InChI=1S/C6H13BO3/c1-6(2)5-10-7-8-3-4-9-7/h6H,3-5H2,1-2H3. The van der Waals surface area contributed by atoms with E-state index in [1.165, 1.54) is 0 Å². The first-order chi connectivity index (χ1) is 4.79. The predicted octanol–water partition coefficient (Wildman–Crippen LogP) is 0.691. The summed E-state index contributed by atoms with van der Waals surface area (Å²) in [6.45, 7) is 6.19. The summed E-state index contributed by atoms with van der Waals surface area (Å²) in [5, 5.41) is 0. The van der Waals surface area contributed by atoms with E-state index >= 15 is 0 Å². The highest BCUT2D eigenvalue weighted by Crippen LogP contribution is 2.02. The van der Waals surface area contributed by atoms with Gasteiger partial charge in [-0.1, -0.05) is 13.8 Å². The molecule has 1 fully saturated rings. The summed E-state index contributed by atoms with van der Waals surface area (Å²) in [5.41, 5.74) is 0. The van der Waals surface area contributed by atoms with Crippen LogP contribution in [-0.2, 0) is 14.0 Å². The normalized spacial score (nSPS) is 18.9. The van der Waals surface area contributed by atoms with Gasteiger partial charge < -0.3 is 14.0 Å². The lowest BCUT2D eigenvalue weighted by atomic mass is 10.2. The minimum absolute atomic E-state index is 0.401. The molecule has 0 spiro atoms. The van der Waals surface area contributed by atoms with E-state index in [0.717, 1.165) is 0 Å². The molecule has 0 N–H and O–H groups in total. The number of hydrogen-bond acceptors (Lipinski definition) is 3. The van der Waals surface area contributed by atoms with E-state index in [9.17, 15) is 0 Å². The third kappa shape index (κ3) is 2.69. The Morgan fingerprint density at radius 2 is 2.00 bits per heavy atom. The predicted molar refractivity (Wildman–Crippen MR) is 38.4 cm³/mol. The summed E-state index contributed by atoms with van der Waals surface area (Å²) in [4.78, 5) is 0. The van der Waals surface area contributed by atoms with E-state index in [1.54, 1.807) is 0 Å². The second kappa shape index (κ2) is 3.96. The molecular weight excluding hydrogens is 131 g/mol. The van der Waals surface area contributed by atoms with Crippen molar-refractivity contribution in [3.05, 3.63) is 0 Å². The monoisotopic (exact) mass is 144 g/mol. The maximum atomic E-state index is 5.22. The maximum absolute atomic E-state index is 5.22. The largest absolute Gasteiger partial charge is 0.639 e. The molecule has 1 heterocycles. The van der Waals surface area contributed by atoms with E-state index in [-0.39, 0.29) is 0 Å². The highest BCUT2D eigenvalue weighted by Gasteiger charge is 2.26. The fourth-order valence-electron chi connectivity index (χ4n) is 0.704. The molecule has 0 atom stereocenters. The van der Waals surface area contributed by atoms with Gasteiger partial charge in [-0.25, -0.2) is 0 Å². The number of rotatable bonds is 3. The van der Waals surface area contributed by atoms with Crippen molar-refractivity contribution in [2.75, 3.05) is 19.8 Å². The zero-order valence-electron chi connectivity index (χ0n) is 6.50. The second-order valence-electron chi connectivity index (χ2n) is 2.76. The van der Waals surface area contributed by atoms with Gasteiger partial charge in [-0.05, 0) is 5.92 Å². The van der Waals surface area contributed by atoms with Crippen LogP contribution < -0.4 is 0 Å². The first-order valence-corrected chi connectivity index (χ1v) is 3.64. The second-order valence-corrected chi connectivity index (χ2v) is 2.76. The van der Waals surface area contributed by atoms with Crippen molar-refractivity contribution in [2.45, 2.75) is 13.8 Å². The molecule has 10 heavy (non-hydrogen) atoms. The molecule has 0 radical (unpaired) electrons. The van der Waals surface area contributed by atoms with Crippen molar-refractivity contribution in [2.24, 2.45) is 5.92 Å². The van der Waals surface area contributed by atoms with Crippen LogP contribution in [0.4, 0.5) is 0 Å². The third-order valence-corrected chi connectivity index (χ3v) is 1.16. The van der Waals surface area contributed by atoms with Crippen molar-refractivity contribution in [3.8, 4) is 0 Å². The van der Waals surface area contributed by atoms with Gasteiger partial charge in [0.25, 0.3) is 0 Å². The third-order valence-electron chi connectivity index (χ3n) is 1.16. The average Bonchev–Trinajstić information content (AvgIpc) is 2.34. The van der Waals surface area contributed by atoms with Gasteiger partial charge in [-0.2, -0.15) is 0 Å². The summed E-state index contributed by atoms with van der Waals surface area (Å²) in [7, 11) is -0.401. The first kappa shape index (κ1) is 8.05. The van der Waals surface area contributed by atoms with Gasteiger partial charge in [0, 0.05) is 6.61 Å². The molecule has 58 valence electrons. The van der Waals surface area contributed by atoms with E-state index in [2.05, 4.69) is 13.8 Å². The highest BCUT2D eigenvalue weighted by atomic mass is 16.8. The lowest BCUT2D eigenvalue weighted by molar-refractivity contribution is 0.159. The van der Waals surface area contributed by atoms with Crippen molar-refractivity contribution in [3.63, 3.8) is 0 Å². The minimum atomic E-state index is -0.401. The summed E-state index contributed by atoms with van der Waals surface area (Å²) >= 11 is 0. The molecule has 0 bridgehead atoms. The van der Waals surface area contributed by atoms with Gasteiger partial charge in [0.1, 0.15) is 0 Å². The molecule has 1 rings (SSSR count). The van der Waals surface area contributed by atoms with Gasteiger partial charge >= 0.3 is 7.32 Å². The molecule has 0 aliphatic carbocycles. The van der Waals surface area contributed by atoms with Crippen molar-refractivity contribution >= 4 is 7.32 Å². The van der Waals surface area contributed by atoms with Crippen LogP contribution in [0.15, 0.2) is 0 Å². The van der Waals surface area contributed by atoms with E-state index in [4.69, 9.17) is 14.0 Å². The molecule has 4 heteroatoms. The maximum Gasteiger partial charge on any atom is 0.639 e. The van der Waals surface area contributed by atoms with Crippen LogP contribution in [0.3, 0.4) is 0 Å². The lowest BCUT2D eigenvalue weighted by Crippen LogP contribution is -2.21. The van der Waals surface area contributed by atoms with Crippen molar-refractivity contribution in [1.29, 1.82) is 0 Å². The van der Waals surface area contributed by atoms with Gasteiger partial charge in [-0.15, -0.1) is 0 Å². The fraction of sp³-hybridized carbons (Fsp3) is 1.00. The molecule has 1 aliphatic heterocycles. The molecule has 0 aromatic heterocycles. The Bertz CT molecular complexity index is 91.0. The van der Waals surface area contributed by atoms with Crippen LogP contribution >= 0.6 is 0 Å². The molecule has 0 aromatic carbocycles. The smallest absolute Gasteiger partial charge is 0.386 e. The minimum Gasteiger partial charge on any atom is -0.386 e. The molecule has 1 saturated heterocycles. The Morgan fingerprint density at radius 3 is 2.50 bits per heavy atom. The van der Waals surface area contributed by atoms with Crippen LogP contribution in [0, 0.1) is 5.92 Å². The fourth-order valence-corrected chi connectivity index (χ4v) is 0.704. The van der Waals surface area contributed by atoms with Gasteiger partial charge in [-0.3, -0.25) is 0 Å². The van der Waals surface area contributed by atoms with Crippen LogP contribution in [0.1, 0.15) is 13.8 Å². The Morgan fingerprint density at radius 1 is 1.40 bits per heavy atom. The molecule has 1 aliphatic rings. The van der Waals surface area contributed by atoms with E-state index in [1.807, 2.05) is 0 Å². The van der Waals surface area contributed by atoms with Crippen LogP contribution in [0.5, 0.6) is 0 Å². The molecule has 0 aromatic rings. The SMILES string of the molecule is CC(C)COB1OCCO1. The topological polar surface area (TPSA) is 27.7 Å². The van der Waals surface area contributed by atoms with Gasteiger partial charge in [0.15, 0.2) is 0 Å². The summed E-state index contributed by atoms with van der Waals surface area (Å²) in [6.07, 6.45) is 0. The highest BCUT2D eigenvalue weighted by molar-refractivity contribution is 6.36. The van der Waals surface area contributed by atoms with Gasteiger partial charge in [0.05, 0.1) is 13.2 Å². The van der Waals surface area contributed by atoms with E-state index in [0.29, 0.717) is 25.7 Å². The Balaban J connectivity index is 2.01. The summed E-state index contributed by atoms with van der Waals surface area (Å²) in [5.74, 6) is 0.535. The van der Waals surface area contributed by atoms with Crippen LogP contribution in [0.2, 0.25) is 0 Å². The molecular formula is C6H13BO3. The van der Waals surface area contributed by atoms with Crippen LogP contribution in [0.25, 0.3) is 0 Å². The molecule has 0 amide bonds. The van der Waals surface area contributed by atoms with Crippen molar-refractivity contribution in [1.82, 2.24) is 0 Å².